The Bertz CT molecular complexity index is 429. The molecule has 0 bridgehead atoms. The van der Waals surface area contributed by atoms with Crippen LogP contribution in [0.5, 0.6) is 0 Å². The van der Waals surface area contributed by atoms with Gasteiger partial charge in [-0.25, -0.2) is 0 Å². The molecule has 1 unspecified atom stereocenters. The average Bonchev–Trinajstić information content (AvgIpc) is 2.37. The summed E-state index contributed by atoms with van der Waals surface area (Å²) in [6, 6.07) is 7.31. The van der Waals surface area contributed by atoms with E-state index in [0.717, 1.165) is 11.4 Å². The molecule has 1 aromatic carbocycles. The number of rotatable bonds is 6. The normalized spacial score (nSPS) is 11.5. The Morgan fingerprint density at radius 3 is 2.32 bits per heavy atom. The van der Waals surface area contributed by atoms with Crippen molar-refractivity contribution in [2.75, 3.05) is 23.8 Å². The van der Waals surface area contributed by atoms with Crippen LogP contribution >= 0.6 is 0 Å². The lowest BCUT2D eigenvalue weighted by Crippen LogP contribution is -2.22. The maximum absolute atomic E-state index is 11.4. The van der Waals surface area contributed by atoms with E-state index >= 15 is 0 Å². The van der Waals surface area contributed by atoms with E-state index in [4.69, 9.17) is 4.74 Å². The van der Waals surface area contributed by atoms with Gasteiger partial charge in [0.25, 0.3) is 0 Å². The standard InChI is InChI=1S/C14H20N2O3/c1-4-19-14(18)10(2)9-15-12-5-7-13(8-6-12)16-11(3)17/h5-8,10,15H,4,9H2,1-3H3,(H,16,17). The number of hydrogen-bond donors (Lipinski definition) is 2. The lowest BCUT2D eigenvalue weighted by Gasteiger charge is -2.12. The Labute approximate surface area is 113 Å². The van der Waals surface area contributed by atoms with Gasteiger partial charge in [-0.1, -0.05) is 6.92 Å². The molecule has 104 valence electrons. The summed E-state index contributed by atoms with van der Waals surface area (Å²) >= 11 is 0. The minimum absolute atomic E-state index is 0.100. The van der Waals surface area contributed by atoms with E-state index in [9.17, 15) is 9.59 Å². The summed E-state index contributed by atoms with van der Waals surface area (Å²) < 4.78 is 4.93. The Kier molecular flexibility index (Phi) is 5.85. The molecular weight excluding hydrogens is 244 g/mol. The van der Waals surface area contributed by atoms with E-state index in [0.29, 0.717) is 13.2 Å². The largest absolute Gasteiger partial charge is 0.466 e. The molecule has 0 aromatic heterocycles. The molecule has 0 aliphatic rings. The first-order valence-corrected chi connectivity index (χ1v) is 6.31. The van der Waals surface area contributed by atoms with Crippen molar-refractivity contribution in [2.24, 2.45) is 5.92 Å². The van der Waals surface area contributed by atoms with Crippen molar-refractivity contribution < 1.29 is 14.3 Å². The van der Waals surface area contributed by atoms with E-state index in [2.05, 4.69) is 10.6 Å². The smallest absolute Gasteiger partial charge is 0.310 e. The summed E-state index contributed by atoms with van der Waals surface area (Å²) in [6.07, 6.45) is 0. The SMILES string of the molecule is CCOC(=O)C(C)CNc1ccc(NC(C)=O)cc1. The molecule has 0 heterocycles. The summed E-state index contributed by atoms with van der Waals surface area (Å²) in [5.41, 5.74) is 1.64. The van der Waals surface area contributed by atoms with Crippen LogP contribution in [0.4, 0.5) is 11.4 Å². The van der Waals surface area contributed by atoms with Crippen LogP contribution in [0.15, 0.2) is 24.3 Å². The van der Waals surface area contributed by atoms with Crippen molar-refractivity contribution in [1.82, 2.24) is 0 Å². The minimum atomic E-state index is -0.204. The quantitative estimate of drug-likeness (QED) is 0.773. The van der Waals surface area contributed by atoms with Crippen molar-refractivity contribution in [3.8, 4) is 0 Å². The highest BCUT2D eigenvalue weighted by molar-refractivity contribution is 5.88. The Balaban J connectivity index is 2.45. The van der Waals surface area contributed by atoms with Crippen LogP contribution in [0.3, 0.4) is 0 Å². The number of hydrogen-bond acceptors (Lipinski definition) is 4. The summed E-state index contributed by atoms with van der Waals surface area (Å²) in [7, 11) is 0. The molecule has 19 heavy (non-hydrogen) atoms. The lowest BCUT2D eigenvalue weighted by molar-refractivity contribution is -0.146. The zero-order chi connectivity index (χ0) is 14.3. The van der Waals surface area contributed by atoms with Crippen molar-refractivity contribution in [1.29, 1.82) is 0 Å². The molecule has 1 aromatic rings. The first-order chi connectivity index (χ1) is 9.02. The van der Waals surface area contributed by atoms with Gasteiger partial charge in [-0.15, -0.1) is 0 Å². The third-order valence-electron chi connectivity index (χ3n) is 2.51. The third kappa shape index (κ3) is 5.42. The molecule has 0 fully saturated rings. The maximum atomic E-state index is 11.4. The number of amides is 1. The van der Waals surface area contributed by atoms with Crippen LogP contribution in [0.2, 0.25) is 0 Å². The molecule has 0 saturated heterocycles. The first-order valence-electron chi connectivity index (χ1n) is 6.31. The number of ether oxygens (including phenoxy) is 1. The minimum Gasteiger partial charge on any atom is -0.466 e. The van der Waals surface area contributed by atoms with Crippen LogP contribution < -0.4 is 10.6 Å². The van der Waals surface area contributed by atoms with E-state index in [1.807, 2.05) is 19.1 Å². The average molecular weight is 264 g/mol. The second-order valence-electron chi connectivity index (χ2n) is 4.29. The number of esters is 1. The van der Waals surface area contributed by atoms with Crippen LogP contribution in [0.1, 0.15) is 20.8 Å². The van der Waals surface area contributed by atoms with E-state index in [1.54, 1.807) is 19.1 Å². The van der Waals surface area contributed by atoms with Gasteiger partial charge >= 0.3 is 5.97 Å². The summed E-state index contributed by atoms with van der Waals surface area (Å²) in [5, 5.41) is 5.84. The van der Waals surface area contributed by atoms with Gasteiger partial charge in [-0.2, -0.15) is 0 Å². The third-order valence-corrected chi connectivity index (χ3v) is 2.51. The van der Waals surface area contributed by atoms with Crippen LogP contribution in [-0.2, 0) is 14.3 Å². The van der Waals surface area contributed by atoms with Crippen molar-refractivity contribution in [3.63, 3.8) is 0 Å². The summed E-state index contributed by atoms with van der Waals surface area (Å²) in [4.78, 5) is 22.3. The second-order valence-corrected chi connectivity index (χ2v) is 4.29. The van der Waals surface area contributed by atoms with E-state index in [-0.39, 0.29) is 17.8 Å². The van der Waals surface area contributed by atoms with Crippen LogP contribution in [0, 0.1) is 5.92 Å². The fraction of sp³-hybridized carbons (Fsp3) is 0.429. The highest BCUT2D eigenvalue weighted by Gasteiger charge is 2.13. The number of benzene rings is 1. The monoisotopic (exact) mass is 264 g/mol. The van der Waals surface area contributed by atoms with Gasteiger partial charge in [0.2, 0.25) is 5.91 Å². The molecule has 0 aliphatic heterocycles. The molecule has 1 amide bonds. The van der Waals surface area contributed by atoms with Gasteiger partial charge in [-0.3, -0.25) is 9.59 Å². The predicted octanol–water partition coefficient (Wildman–Crippen LogP) is 2.26. The zero-order valence-electron chi connectivity index (χ0n) is 11.5. The van der Waals surface area contributed by atoms with Gasteiger partial charge in [0.1, 0.15) is 0 Å². The molecule has 0 aliphatic carbocycles. The molecule has 2 N–H and O–H groups in total. The first kappa shape index (κ1) is 15.0. The zero-order valence-corrected chi connectivity index (χ0v) is 11.5. The topological polar surface area (TPSA) is 67.4 Å². The van der Waals surface area contributed by atoms with Gasteiger partial charge < -0.3 is 15.4 Å². The van der Waals surface area contributed by atoms with Crippen molar-refractivity contribution in [2.45, 2.75) is 20.8 Å². The number of nitrogens with one attached hydrogen (secondary N) is 2. The van der Waals surface area contributed by atoms with Crippen LogP contribution in [-0.4, -0.2) is 25.0 Å². The maximum Gasteiger partial charge on any atom is 0.310 e. The predicted molar refractivity (Wildman–Crippen MR) is 75.0 cm³/mol. The molecule has 1 rings (SSSR count). The summed E-state index contributed by atoms with van der Waals surface area (Å²) in [6.45, 7) is 5.98. The number of carbonyl (C=O) groups excluding carboxylic acids is 2. The lowest BCUT2D eigenvalue weighted by atomic mass is 10.2. The van der Waals surface area contributed by atoms with Crippen molar-refractivity contribution >= 4 is 23.3 Å². The Morgan fingerprint density at radius 2 is 1.79 bits per heavy atom. The summed E-state index contributed by atoms with van der Waals surface area (Å²) in [5.74, 6) is -0.503. The van der Waals surface area contributed by atoms with Crippen molar-refractivity contribution in [3.05, 3.63) is 24.3 Å². The fourth-order valence-corrected chi connectivity index (χ4v) is 1.51. The highest BCUT2D eigenvalue weighted by atomic mass is 16.5. The van der Waals surface area contributed by atoms with Gasteiger partial charge in [0, 0.05) is 24.8 Å². The number of carbonyl (C=O) groups is 2. The number of anilines is 2. The van der Waals surface area contributed by atoms with Crippen LogP contribution in [0.25, 0.3) is 0 Å². The van der Waals surface area contributed by atoms with Gasteiger partial charge in [0.15, 0.2) is 0 Å². The second kappa shape index (κ2) is 7.41. The molecular formula is C14H20N2O3. The fourth-order valence-electron chi connectivity index (χ4n) is 1.51. The molecule has 0 radical (unpaired) electrons. The molecule has 1 atom stereocenters. The van der Waals surface area contributed by atoms with E-state index < -0.39 is 0 Å². The molecule has 0 saturated carbocycles. The molecule has 5 nitrogen and oxygen atoms in total. The van der Waals surface area contributed by atoms with E-state index in [1.165, 1.54) is 6.92 Å². The highest BCUT2D eigenvalue weighted by Crippen LogP contribution is 2.14. The Hall–Kier alpha value is -2.04. The Morgan fingerprint density at radius 1 is 1.21 bits per heavy atom. The molecule has 0 spiro atoms. The molecule has 5 heteroatoms. The van der Waals surface area contributed by atoms with Gasteiger partial charge in [-0.05, 0) is 31.2 Å². The van der Waals surface area contributed by atoms with Gasteiger partial charge in [0.05, 0.1) is 12.5 Å².